The molecule has 8 nitrogen and oxygen atoms in total. The van der Waals surface area contributed by atoms with E-state index in [1.165, 1.54) is 6.08 Å². The first-order valence-electron chi connectivity index (χ1n) is 9.61. The molecule has 0 aromatic carbocycles. The highest BCUT2D eigenvalue weighted by atomic mass is 35.5. The molecule has 0 aliphatic carbocycles. The summed E-state index contributed by atoms with van der Waals surface area (Å²) in [6.07, 6.45) is 3.80. The van der Waals surface area contributed by atoms with Crippen LogP contribution < -0.4 is 16.0 Å². The maximum absolute atomic E-state index is 11.8. The third-order valence-corrected chi connectivity index (χ3v) is 4.40. The van der Waals surface area contributed by atoms with Gasteiger partial charge < -0.3 is 26.2 Å². The van der Waals surface area contributed by atoms with Crippen LogP contribution in [0.25, 0.3) is 0 Å². The van der Waals surface area contributed by atoms with Crippen molar-refractivity contribution in [3.8, 4) is 0 Å². The molecular weight excluding hydrogens is 386 g/mol. The third kappa shape index (κ3) is 11.9. The number of nitrogens with one attached hydrogen (secondary N) is 3. The summed E-state index contributed by atoms with van der Waals surface area (Å²) in [5, 5.41) is 27.2. The lowest BCUT2D eigenvalue weighted by Crippen LogP contribution is -2.46. The maximum atomic E-state index is 11.8. The van der Waals surface area contributed by atoms with Crippen LogP contribution in [0.2, 0.25) is 0 Å². The summed E-state index contributed by atoms with van der Waals surface area (Å²) < 4.78 is 0. The zero-order valence-corrected chi connectivity index (χ0v) is 17.8. The second-order valence-electron chi connectivity index (χ2n) is 7.28. The lowest BCUT2D eigenvalue weighted by Gasteiger charge is -2.27. The largest absolute Gasteiger partial charge is 0.396 e. The van der Waals surface area contributed by atoms with Gasteiger partial charge in [-0.3, -0.25) is 14.4 Å². The molecule has 0 saturated heterocycles. The van der Waals surface area contributed by atoms with E-state index in [1.54, 1.807) is 13.8 Å². The maximum Gasteiger partial charge on any atom is 0.249 e. The first kappa shape index (κ1) is 26.4. The first-order chi connectivity index (χ1) is 13.1. The fraction of sp³-hybridized carbons (Fsp3) is 0.737. The molecule has 3 amide bonds. The third-order valence-electron chi connectivity index (χ3n) is 4.10. The molecule has 0 rings (SSSR count). The Kier molecular flexibility index (Phi) is 13.5. The van der Waals surface area contributed by atoms with Crippen LogP contribution in [0.3, 0.4) is 0 Å². The van der Waals surface area contributed by atoms with E-state index in [-0.39, 0.29) is 44.5 Å². The van der Waals surface area contributed by atoms with Gasteiger partial charge in [0.15, 0.2) is 0 Å². The van der Waals surface area contributed by atoms with Gasteiger partial charge in [-0.05, 0) is 12.8 Å². The normalized spacial score (nSPS) is 13.0. The van der Waals surface area contributed by atoms with Crippen molar-refractivity contribution >= 4 is 29.3 Å². The molecule has 0 aliphatic heterocycles. The van der Waals surface area contributed by atoms with Crippen LogP contribution in [0.15, 0.2) is 11.1 Å². The van der Waals surface area contributed by atoms with Gasteiger partial charge in [0.05, 0.1) is 6.61 Å². The number of carbonyl (C=O) groups is 3. The molecule has 0 aromatic heterocycles. The van der Waals surface area contributed by atoms with Crippen LogP contribution in [0, 0.1) is 5.41 Å². The number of aliphatic hydroxyl groups is 2. The number of halogens is 1. The minimum Gasteiger partial charge on any atom is -0.396 e. The summed E-state index contributed by atoms with van der Waals surface area (Å²) in [5.41, 5.74) is -0.960. The fourth-order valence-corrected chi connectivity index (χ4v) is 2.36. The van der Waals surface area contributed by atoms with Crippen molar-refractivity contribution in [1.29, 1.82) is 0 Å². The van der Waals surface area contributed by atoms with E-state index in [0.717, 1.165) is 19.3 Å². The Hall–Kier alpha value is -1.64. The second-order valence-corrected chi connectivity index (χ2v) is 7.77. The second kappa shape index (κ2) is 14.4. The van der Waals surface area contributed by atoms with Crippen LogP contribution in [0.4, 0.5) is 0 Å². The van der Waals surface area contributed by atoms with Crippen molar-refractivity contribution in [2.24, 2.45) is 5.41 Å². The number of unbranched alkanes of at least 4 members (excludes halogenated alkanes) is 2. The Balaban J connectivity index is 3.92. The summed E-state index contributed by atoms with van der Waals surface area (Å²) >= 11 is 5.98. The van der Waals surface area contributed by atoms with Gasteiger partial charge >= 0.3 is 0 Å². The fourth-order valence-electron chi connectivity index (χ4n) is 2.12. The Labute approximate surface area is 172 Å². The zero-order chi connectivity index (χ0) is 21.6. The summed E-state index contributed by atoms with van der Waals surface area (Å²) in [6, 6.07) is 0. The molecule has 28 heavy (non-hydrogen) atoms. The van der Waals surface area contributed by atoms with Gasteiger partial charge in [-0.1, -0.05) is 45.2 Å². The highest BCUT2D eigenvalue weighted by Gasteiger charge is 2.32. The quantitative estimate of drug-likeness (QED) is 0.210. The van der Waals surface area contributed by atoms with Gasteiger partial charge in [0.2, 0.25) is 17.7 Å². The van der Waals surface area contributed by atoms with Crippen LogP contribution in [0.5, 0.6) is 0 Å². The Morgan fingerprint density at radius 2 is 1.68 bits per heavy atom. The Bertz CT molecular complexity index is 538. The molecule has 0 unspecified atom stereocenters. The number of amides is 3. The molecule has 5 N–H and O–H groups in total. The smallest absolute Gasteiger partial charge is 0.249 e. The molecule has 0 saturated carbocycles. The summed E-state index contributed by atoms with van der Waals surface area (Å²) in [5.74, 6) is -1.23. The van der Waals surface area contributed by atoms with Crippen molar-refractivity contribution < 1.29 is 24.6 Å². The lowest BCUT2D eigenvalue weighted by molar-refractivity contribution is -0.137. The highest BCUT2D eigenvalue weighted by molar-refractivity contribution is 6.31. The Morgan fingerprint density at radius 3 is 2.29 bits per heavy atom. The predicted octanol–water partition coefficient (Wildman–Crippen LogP) is 0.808. The van der Waals surface area contributed by atoms with Crippen molar-refractivity contribution in [3.05, 3.63) is 11.1 Å². The van der Waals surface area contributed by atoms with E-state index in [9.17, 15) is 19.5 Å². The van der Waals surface area contributed by atoms with E-state index in [4.69, 9.17) is 16.7 Å². The number of hydrogen-bond donors (Lipinski definition) is 5. The van der Waals surface area contributed by atoms with E-state index >= 15 is 0 Å². The monoisotopic (exact) mass is 419 g/mol. The van der Waals surface area contributed by atoms with Gasteiger partial charge in [0, 0.05) is 42.6 Å². The molecule has 0 spiro atoms. The van der Waals surface area contributed by atoms with Crippen molar-refractivity contribution in [2.75, 3.05) is 26.2 Å². The van der Waals surface area contributed by atoms with Crippen LogP contribution in [0.1, 0.15) is 52.9 Å². The average Bonchev–Trinajstić information content (AvgIpc) is 2.64. The highest BCUT2D eigenvalue weighted by Crippen LogP contribution is 2.19. The van der Waals surface area contributed by atoms with E-state index in [2.05, 4.69) is 22.9 Å². The number of allylic oxidation sites excluding steroid dienone is 1. The minimum atomic E-state index is -1.36. The standard InChI is InChI=1S/C19H34ClN3O5/c1-4-5-6-7-14(20)12-16(26)22-11-10-21-15(25)8-9-23-18(28)17(27)19(2,3)13-24/h12,17,24,27H,4-11,13H2,1-3H3,(H,21,25)(H,22,26)(H,23,28)/b14-12-/t17-/m0/s1. The molecule has 9 heteroatoms. The predicted molar refractivity (Wildman–Crippen MR) is 109 cm³/mol. The van der Waals surface area contributed by atoms with E-state index in [0.29, 0.717) is 11.5 Å². The molecule has 0 bridgehead atoms. The summed E-state index contributed by atoms with van der Waals surface area (Å²) in [4.78, 5) is 35.1. The van der Waals surface area contributed by atoms with Gasteiger partial charge in [0.1, 0.15) is 6.10 Å². The number of carbonyl (C=O) groups excluding carboxylic acids is 3. The lowest BCUT2D eigenvalue weighted by atomic mass is 9.87. The Morgan fingerprint density at radius 1 is 1.04 bits per heavy atom. The van der Waals surface area contributed by atoms with Crippen LogP contribution >= 0.6 is 11.6 Å². The zero-order valence-electron chi connectivity index (χ0n) is 17.0. The number of hydrogen-bond acceptors (Lipinski definition) is 5. The van der Waals surface area contributed by atoms with Crippen LogP contribution in [-0.2, 0) is 14.4 Å². The average molecular weight is 420 g/mol. The topological polar surface area (TPSA) is 128 Å². The molecule has 0 fully saturated rings. The molecular formula is C19H34ClN3O5. The summed E-state index contributed by atoms with van der Waals surface area (Å²) in [7, 11) is 0. The van der Waals surface area contributed by atoms with Gasteiger partial charge in [-0.25, -0.2) is 0 Å². The molecule has 1 atom stereocenters. The van der Waals surface area contributed by atoms with Crippen LogP contribution in [-0.4, -0.2) is 60.3 Å². The minimum absolute atomic E-state index is 0.0368. The number of aliphatic hydroxyl groups excluding tert-OH is 2. The number of rotatable bonds is 14. The van der Waals surface area contributed by atoms with Gasteiger partial charge in [0.25, 0.3) is 0 Å². The van der Waals surface area contributed by atoms with E-state index in [1.807, 2.05) is 0 Å². The molecule has 0 radical (unpaired) electrons. The molecule has 0 aromatic rings. The van der Waals surface area contributed by atoms with Crippen molar-refractivity contribution in [2.45, 2.75) is 59.0 Å². The van der Waals surface area contributed by atoms with Crippen molar-refractivity contribution in [3.63, 3.8) is 0 Å². The van der Waals surface area contributed by atoms with E-state index < -0.39 is 17.4 Å². The molecule has 162 valence electrons. The molecule has 0 heterocycles. The SMILES string of the molecule is CCCCC/C(Cl)=C/C(=O)NCCNC(=O)CCNC(=O)[C@H](O)C(C)(C)CO. The van der Waals surface area contributed by atoms with Gasteiger partial charge in [-0.15, -0.1) is 0 Å². The molecule has 0 aliphatic rings. The first-order valence-corrected chi connectivity index (χ1v) is 9.99. The van der Waals surface area contributed by atoms with Crippen molar-refractivity contribution in [1.82, 2.24) is 16.0 Å². The summed E-state index contributed by atoms with van der Waals surface area (Å²) in [6.45, 7) is 5.44. The van der Waals surface area contributed by atoms with Gasteiger partial charge in [-0.2, -0.15) is 0 Å².